The van der Waals surface area contributed by atoms with E-state index in [4.69, 9.17) is 0 Å². The first-order valence-corrected chi connectivity index (χ1v) is 9.20. The minimum Gasteiger partial charge on any atom is -0.469 e. The molecular formula is C16H22N2O5S. The number of esters is 1. The molecule has 0 aromatic heterocycles. The van der Waals surface area contributed by atoms with Gasteiger partial charge in [0.1, 0.15) is 0 Å². The summed E-state index contributed by atoms with van der Waals surface area (Å²) >= 11 is 0. The normalized spacial score (nSPS) is 16.6. The van der Waals surface area contributed by atoms with Gasteiger partial charge in [-0.3, -0.25) is 9.59 Å². The van der Waals surface area contributed by atoms with E-state index >= 15 is 0 Å². The average molecular weight is 354 g/mol. The van der Waals surface area contributed by atoms with Crippen LogP contribution in [0.1, 0.15) is 24.0 Å². The van der Waals surface area contributed by atoms with E-state index in [0.717, 1.165) is 11.1 Å². The SMILES string of the molecule is COC(=O)C1CCN(S(=O)(=O)NC(=O)Cc2ccccc2C)CC1. The second-order valence-electron chi connectivity index (χ2n) is 5.83. The van der Waals surface area contributed by atoms with Crippen LogP contribution in [0.15, 0.2) is 24.3 Å². The molecule has 24 heavy (non-hydrogen) atoms. The van der Waals surface area contributed by atoms with Crippen molar-refractivity contribution in [3.8, 4) is 0 Å². The molecule has 1 amide bonds. The van der Waals surface area contributed by atoms with Crippen LogP contribution in [0.4, 0.5) is 0 Å². The molecule has 132 valence electrons. The van der Waals surface area contributed by atoms with E-state index in [-0.39, 0.29) is 31.4 Å². The molecule has 1 fully saturated rings. The Bertz CT molecular complexity index is 709. The summed E-state index contributed by atoms with van der Waals surface area (Å²) in [5.74, 6) is -1.18. The molecule has 0 bridgehead atoms. The van der Waals surface area contributed by atoms with Crippen LogP contribution in [0.25, 0.3) is 0 Å². The third-order valence-electron chi connectivity index (χ3n) is 4.18. The number of ether oxygens (including phenoxy) is 1. The first kappa shape index (κ1) is 18.4. The molecule has 1 aromatic rings. The Labute approximate surface area is 142 Å². The van der Waals surface area contributed by atoms with Gasteiger partial charge in [0, 0.05) is 13.1 Å². The number of hydrogen-bond acceptors (Lipinski definition) is 5. The van der Waals surface area contributed by atoms with Crippen molar-refractivity contribution in [3.63, 3.8) is 0 Å². The molecule has 7 nitrogen and oxygen atoms in total. The summed E-state index contributed by atoms with van der Waals surface area (Å²) in [6.07, 6.45) is 0.781. The van der Waals surface area contributed by atoms with Crippen molar-refractivity contribution in [1.82, 2.24) is 9.03 Å². The van der Waals surface area contributed by atoms with Crippen molar-refractivity contribution in [2.24, 2.45) is 5.92 Å². The summed E-state index contributed by atoms with van der Waals surface area (Å²) in [6.45, 7) is 2.24. The summed E-state index contributed by atoms with van der Waals surface area (Å²) < 4.78 is 32.6. The van der Waals surface area contributed by atoms with E-state index in [9.17, 15) is 18.0 Å². The number of rotatable bonds is 5. The van der Waals surface area contributed by atoms with E-state index in [1.807, 2.05) is 25.1 Å². The molecule has 0 unspecified atom stereocenters. The van der Waals surface area contributed by atoms with Crippen molar-refractivity contribution < 1.29 is 22.7 Å². The third kappa shape index (κ3) is 4.55. The number of amides is 1. The van der Waals surface area contributed by atoms with E-state index in [0.29, 0.717) is 12.8 Å². The summed E-state index contributed by atoms with van der Waals surface area (Å²) in [5, 5.41) is 0. The van der Waals surface area contributed by atoms with Crippen LogP contribution in [-0.4, -0.2) is 44.8 Å². The number of carbonyl (C=O) groups excluding carboxylic acids is 2. The first-order valence-electron chi connectivity index (χ1n) is 7.76. The lowest BCUT2D eigenvalue weighted by atomic mass is 9.99. The molecular weight excluding hydrogens is 332 g/mol. The zero-order valence-corrected chi connectivity index (χ0v) is 14.6. The fourth-order valence-electron chi connectivity index (χ4n) is 2.72. The average Bonchev–Trinajstić information content (AvgIpc) is 2.56. The number of methoxy groups -OCH3 is 1. The van der Waals surface area contributed by atoms with Crippen LogP contribution in [0.5, 0.6) is 0 Å². The van der Waals surface area contributed by atoms with Crippen LogP contribution < -0.4 is 4.72 Å². The molecule has 0 atom stereocenters. The summed E-state index contributed by atoms with van der Waals surface area (Å²) in [6, 6.07) is 7.33. The van der Waals surface area contributed by atoms with Crippen LogP contribution in [-0.2, 0) is 31.0 Å². The fraction of sp³-hybridized carbons (Fsp3) is 0.500. The van der Waals surface area contributed by atoms with Gasteiger partial charge in [0.25, 0.3) is 0 Å². The standard InChI is InChI=1S/C16H22N2O5S/c1-12-5-3-4-6-14(12)11-15(19)17-24(21,22)18-9-7-13(8-10-18)16(20)23-2/h3-6,13H,7-11H2,1-2H3,(H,17,19). The van der Waals surface area contributed by atoms with Gasteiger partial charge in [0.2, 0.25) is 5.91 Å². The molecule has 1 heterocycles. The molecule has 0 spiro atoms. The summed E-state index contributed by atoms with van der Waals surface area (Å²) in [5.41, 5.74) is 1.72. The summed E-state index contributed by atoms with van der Waals surface area (Å²) in [4.78, 5) is 23.5. The number of carbonyl (C=O) groups is 2. The minimum atomic E-state index is -3.89. The molecule has 1 saturated heterocycles. The second kappa shape index (κ2) is 7.76. The highest BCUT2D eigenvalue weighted by atomic mass is 32.2. The zero-order chi connectivity index (χ0) is 17.7. The monoisotopic (exact) mass is 354 g/mol. The number of aryl methyl sites for hydroxylation is 1. The van der Waals surface area contributed by atoms with Crippen molar-refractivity contribution in [2.75, 3.05) is 20.2 Å². The summed E-state index contributed by atoms with van der Waals surface area (Å²) in [7, 11) is -2.57. The van der Waals surface area contributed by atoms with E-state index in [1.54, 1.807) is 6.07 Å². The number of nitrogens with one attached hydrogen (secondary N) is 1. The number of benzene rings is 1. The minimum absolute atomic E-state index is 0.00449. The predicted octanol–water partition coefficient (Wildman–Crippen LogP) is 0.784. The van der Waals surface area contributed by atoms with Gasteiger partial charge in [-0.2, -0.15) is 12.7 Å². The lowest BCUT2D eigenvalue weighted by Gasteiger charge is -2.29. The molecule has 1 aliphatic rings. The molecule has 0 radical (unpaired) electrons. The van der Waals surface area contributed by atoms with Crippen molar-refractivity contribution in [2.45, 2.75) is 26.2 Å². The van der Waals surface area contributed by atoms with Gasteiger partial charge in [0.15, 0.2) is 0 Å². The maximum absolute atomic E-state index is 12.3. The number of nitrogens with zero attached hydrogens (tertiary/aromatic N) is 1. The molecule has 0 saturated carbocycles. The Morgan fingerprint density at radius 3 is 2.46 bits per heavy atom. The lowest BCUT2D eigenvalue weighted by molar-refractivity contribution is -0.146. The quantitative estimate of drug-likeness (QED) is 0.789. The van der Waals surface area contributed by atoms with E-state index in [1.165, 1.54) is 11.4 Å². The topological polar surface area (TPSA) is 92.8 Å². The highest BCUT2D eigenvalue weighted by molar-refractivity contribution is 7.87. The van der Waals surface area contributed by atoms with Crippen molar-refractivity contribution >= 4 is 22.1 Å². The number of piperidine rings is 1. The van der Waals surface area contributed by atoms with Crippen LogP contribution in [0.3, 0.4) is 0 Å². The van der Waals surface area contributed by atoms with Crippen molar-refractivity contribution in [3.05, 3.63) is 35.4 Å². The zero-order valence-electron chi connectivity index (χ0n) is 13.8. The maximum atomic E-state index is 12.3. The largest absolute Gasteiger partial charge is 0.469 e. The van der Waals surface area contributed by atoms with Crippen LogP contribution >= 0.6 is 0 Å². The van der Waals surface area contributed by atoms with Crippen molar-refractivity contribution in [1.29, 1.82) is 0 Å². The fourth-order valence-corrected chi connectivity index (χ4v) is 3.90. The molecule has 1 aliphatic heterocycles. The highest BCUT2D eigenvalue weighted by Crippen LogP contribution is 2.20. The highest BCUT2D eigenvalue weighted by Gasteiger charge is 2.32. The van der Waals surface area contributed by atoms with Gasteiger partial charge < -0.3 is 4.74 Å². The lowest BCUT2D eigenvalue weighted by Crippen LogP contribution is -2.48. The molecule has 0 aliphatic carbocycles. The Morgan fingerprint density at radius 2 is 1.88 bits per heavy atom. The number of hydrogen-bond donors (Lipinski definition) is 1. The van der Waals surface area contributed by atoms with E-state index in [2.05, 4.69) is 9.46 Å². The molecule has 1 N–H and O–H groups in total. The first-order chi connectivity index (χ1) is 11.3. The van der Waals surface area contributed by atoms with Gasteiger partial charge in [-0.25, -0.2) is 4.72 Å². The molecule has 8 heteroatoms. The van der Waals surface area contributed by atoms with Crippen LogP contribution in [0.2, 0.25) is 0 Å². The Hall–Kier alpha value is -1.93. The molecule has 2 rings (SSSR count). The van der Waals surface area contributed by atoms with E-state index < -0.39 is 16.1 Å². The smallest absolute Gasteiger partial charge is 0.308 e. The molecule has 1 aromatic carbocycles. The van der Waals surface area contributed by atoms with Gasteiger partial charge in [-0.15, -0.1) is 0 Å². The second-order valence-corrected chi connectivity index (χ2v) is 7.50. The van der Waals surface area contributed by atoms with Gasteiger partial charge in [-0.1, -0.05) is 24.3 Å². The Kier molecular flexibility index (Phi) is 5.95. The maximum Gasteiger partial charge on any atom is 0.308 e. The predicted molar refractivity (Wildman–Crippen MR) is 88.3 cm³/mol. The van der Waals surface area contributed by atoms with Gasteiger partial charge in [0.05, 0.1) is 19.4 Å². The third-order valence-corrected chi connectivity index (χ3v) is 5.71. The van der Waals surface area contributed by atoms with Gasteiger partial charge >= 0.3 is 16.2 Å². The Morgan fingerprint density at radius 1 is 1.25 bits per heavy atom. The van der Waals surface area contributed by atoms with Gasteiger partial charge in [-0.05, 0) is 30.9 Å². The van der Waals surface area contributed by atoms with Crippen LogP contribution in [0, 0.1) is 12.8 Å². The Balaban J connectivity index is 1.93.